The van der Waals surface area contributed by atoms with Crippen LogP contribution in [0.4, 0.5) is 5.82 Å². The number of hydrogen-bond donors (Lipinski definition) is 1. The van der Waals surface area contributed by atoms with Crippen molar-refractivity contribution in [2.45, 2.75) is 13.3 Å². The Labute approximate surface area is 169 Å². The lowest BCUT2D eigenvalue weighted by Crippen LogP contribution is -2.15. The molecule has 1 aliphatic rings. The first-order valence-corrected chi connectivity index (χ1v) is 9.56. The number of nitrogens with zero attached hydrogens (tertiary/aromatic N) is 3. The van der Waals surface area contributed by atoms with Crippen molar-refractivity contribution in [3.8, 4) is 17.2 Å². The molecule has 0 saturated heterocycles. The molecule has 0 aliphatic heterocycles. The Balaban J connectivity index is 1.75. The van der Waals surface area contributed by atoms with Crippen LogP contribution in [0.3, 0.4) is 0 Å². The van der Waals surface area contributed by atoms with Gasteiger partial charge in [0.15, 0.2) is 0 Å². The largest absolute Gasteiger partial charge is 0.310 e. The monoisotopic (exact) mass is 440 g/mol. The summed E-state index contributed by atoms with van der Waals surface area (Å²) in [7, 11) is 0. The number of nitriles is 1. The summed E-state index contributed by atoms with van der Waals surface area (Å²) in [6.07, 6.45) is 5.81. The van der Waals surface area contributed by atoms with E-state index in [1.54, 1.807) is 24.7 Å². The molecule has 27 heavy (non-hydrogen) atoms. The fraction of sp³-hybridized carbons (Fsp3) is 0.200. The fourth-order valence-electron chi connectivity index (χ4n) is 3.09. The van der Waals surface area contributed by atoms with Gasteiger partial charge in [-0.15, -0.1) is 0 Å². The summed E-state index contributed by atoms with van der Waals surface area (Å²) in [6, 6.07) is 7.86. The highest BCUT2D eigenvalue weighted by Gasteiger charge is 2.43. The highest BCUT2D eigenvalue weighted by atomic mass is 79.9. The van der Waals surface area contributed by atoms with Gasteiger partial charge in [0.25, 0.3) is 0 Å². The second-order valence-corrected chi connectivity index (χ2v) is 7.77. The lowest BCUT2D eigenvalue weighted by atomic mass is 10.00. The Kier molecular flexibility index (Phi) is 4.58. The molecule has 0 spiro atoms. The molecule has 2 aromatic heterocycles. The highest BCUT2D eigenvalue weighted by Crippen LogP contribution is 2.41. The Bertz CT molecular complexity index is 1120. The second-order valence-electron chi connectivity index (χ2n) is 6.60. The second kappa shape index (κ2) is 6.91. The summed E-state index contributed by atoms with van der Waals surface area (Å²) >= 11 is 10.1. The van der Waals surface area contributed by atoms with Crippen LogP contribution in [0.1, 0.15) is 12.0 Å². The number of halogens is 2. The number of rotatable bonds is 3. The van der Waals surface area contributed by atoms with Crippen molar-refractivity contribution < 1.29 is 4.79 Å². The van der Waals surface area contributed by atoms with Gasteiger partial charge in [0.05, 0.1) is 22.9 Å². The van der Waals surface area contributed by atoms with Crippen LogP contribution in [0, 0.1) is 30.1 Å². The minimum absolute atomic E-state index is 0.167. The number of pyridine rings is 2. The first-order valence-electron chi connectivity index (χ1n) is 8.39. The van der Waals surface area contributed by atoms with Crippen LogP contribution >= 0.6 is 27.5 Å². The van der Waals surface area contributed by atoms with E-state index in [1.165, 1.54) is 0 Å². The summed E-state index contributed by atoms with van der Waals surface area (Å²) in [5.41, 5.74) is 2.98. The molecule has 2 heterocycles. The van der Waals surface area contributed by atoms with E-state index in [2.05, 4.69) is 37.3 Å². The minimum Gasteiger partial charge on any atom is -0.310 e. The Morgan fingerprint density at radius 3 is 2.89 bits per heavy atom. The topological polar surface area (TPSA) is 78.7 Å². The van der Waals surface area contributed by atoms with Gasteiger partial charge in [0, 0.05) is 34.0 Å². The van der Waals surface area contributed by atoms with Crippen molar-refractivity contribution in [2.24, 2.45) is 11.8 Å². The third-order valence-electron chi connectivity index (χ3n) is 4.77. The highest BCUT2D eigenvalue weighted by molar-refractivity contribution is 9.10. The number of fused-ring (bicyclic) bond motifs is 1. The van der Waals surface area contributed by atoms with Gasteiger partial charge in [-0.2, -0.15) is 5.26 Å². The Morgan fingerprint density at radius 2 is 2.19 bits per heavy atom. The average molecular weight is 442 g/mol. The molecule has 2 unspecified atom stereocenters. The normalized spacial score (nSPS) is 18.1. The summed E-state index contributed by atoms with van der Waals surface area (Å²) in [6.45, 7) is 2.01. The number of hydrogen-bond acceptors (Lipinski definition) is 4. The van der Waals surface area contributed by atoms with Crippen molar-refractivity contribution in [1.82, 2.24) is 9.97 Å². The van der Waals surface area contributed by atoms with E-state index >= 15 is 0 Å². The molecule has 7 heteroatoms. The SMILES string of the molecule is Cc1ccncc1-c1cc2cc(NC(=O)C3CC3C#N)ncc2c(Cl)c1Br. The van der Waals surface area contributed by atoms with E-state index in [0.717, 1.165) is 31.9 Å². The lowest BCUT2D eigenvalue weighted by Gasteiger charge is -2.13. The van der Waals surface area contributed by atoms with Crippen LogP contribution in [0.5, 0.6) is 0 Å². The number of nitrogens with one attached hydrogen (secondary N) is 1. The van der Waals surface area contributed by atoms with Crippen LogP contribution in [-0.4, -0.2) is 15.9 Å². The van der Waals surface area contributed by atoms with E-state index in [1.807, 2.05) is 19.1 Å². The number of benzene rings is 1. The molecule has 1 fully saturated rings. The first-order chi connectivity index (χ1) is 13.0. The van der Waals surface area contributed by atoms with E-state index in [4.69, 9.17) is 16.9 Å². The van der Waals surface area contributed by atoms with Gasteiger partial charge in [-0.05, 0) is 64.0 Å². The van der Waals surface area contributed by atoms with Crippen LogP contribution in [0.25, 0.3) is 21.9 Å². The minimum atomic E-state index is -0.241. The molecule has 1 N–H and O–H groups in total. The number of amides is 1. The molecule has 0 bridgehead atoms. The number of aryl methyl sites for hydroxylation is 1. The summed E-state index contributed by atoms with van der Waals surface area (Å²) in [5.74, 6) is -0.145. The maximum atomic E-state index is 12.2. The molecule has 2 atom stereocenters. The predicted octanol–water partition coefficient (Wildman–Crippen LogP) is 5.12. The van der Waals surface area contributed by atoms with Gasteiger partial charge in [0.2, 0.25) is 5.91 Å². The zero-order chi connectivity index (χ0) is 19.1. The molecule has 5 nitrogen and oxygen atoms in total. The third-order valence-corrected chi connectivity index (χ3v) is 6.22. The zero-order valence-electron chi connectivity index (χ0n) is 14.3. The van der Waals surface area contributed by atoms with Gasteiger partial charge in [0.1, 0.15) is 5.82 Å². The van der Waals surface area contributed by atoms with E-state index in [-0.39, 0.29) is 17.7 Å². The number of anilines is 1. The van der Waals surface area contributed by atoms with Crippen molar-refractivity contribution in [3.05, 3.63) is 51.8 Å². The third kappa shape index (κ3) is 3.29. The van der Waals surface area contributed by atoms with Crippen molar-refractivity contribution in [1.29, 1.82) is 5.26 Å². The molecule has 134 valence electrons. The molecule has 4 rings (SSSR count). The quantitative estimate of drug-likeness (QED) is 0.612. The van der Waals surface area contributed by atoms with E-state index in [0.29, 0.717) is 17.3 Å². The summed E-state index contributed by atoms with van der Waals surface area (Å²) in [5, 5.41) is 13.9. The molecular formula is C20H14BrClN4O. The van der Waals surface area contributed by atoms with E-state index < -0.39 is 0 Å². The Hall–Kier alpha value is -2.49. The van der Waals surface area contributed by atoms with Crippen molar-refractivity contribution in [3.63, 3.8) is 0 Å². The van der Waals surface area contributed by atoms with Gasteiger partial charge in [-0.3, -0.25) is 9.78 Å². The van der Waals surface area contributed by atoms with Crippen LogP contribution in [0.2, 0.25) is 5.02 Å². The Morgan fingerprint density at radius 1 is 1.37 bits per heavy atom. The van der Waals surface area contributed by atoms with Gasteiger partial charge in [-0.1, -0.05) is 11.6 Å². The molecule has 1 saturated carbocycles. The molecule has 0 radical (unpaired) electrons. The van der Waals surface area contributed by atoms with Crippen LogP contribution in [0.15, 0.2) is 41.3 Å². The zero-order valence-corrected chi connectivity index (χ0v) is 16.7. The maximum absolute atomic E-state index is 12.2. The van der Waals surface area contributed by atoms with Crippen molar-refractivity contribution in [2.75, 3.05) is 5.32 Å². The van der Waals surface area contributed by atoms with Gasteiger partial charge >= 0.3 is 0 Å². The van der Waals surface area contributed by atoms with Gasteiger partial charge < -0.3 is 5.32 Å². The smallest absolute Gasteiger partial charge is 0.230 e. The van der Waals surface area contributed by atoms with Gasteiger partial charge in [-0.25, -0.2) is 4.98 Å². The summed E-state index contributed by atoms with van der Waals surface area (Å²) in [4.78, 5) is 20.7. The summed E-state index contributed by atoms with van der Waals surface area (Å²) < 4.78 is 0.779. The molecular weight excluding hydrogens is 428 g/mol. The molecule has 3 aromatic rings. The predicted molar refractivity (Wildman–Crippen MR) is 108 cm³/mol. The number of carbonyl (C=O) groups excluding carboxylic acids is 1. The average Bonchev–Trinajstić information content (AvgIpc) is 3.45. The number of aromatic nitrogens is 2. The lowest BCUT2D eigenvalue weighted by molar-refractivity contribution is -0.117. The first kappa shape index (κ1) is 17.9. The van der Waals surface area contributed by atoms with Crippen LogP contribution < -0.4 is 5.32 Å². The molecule has 1 aromatic carbocycles. The maximum Gasteiger partial charge on any atom is 0.230 e. The molecule has 1 aliphatic carbocycles. The number of carbonyl (C=O) groups is 1. The van der Waals surface area contributed by atoms with Crippen LogP contribution in [-0.2, 0) is 4.79 Å². The standard InChI is InChI=1S/C20H14BrClN4O/c1-10-2-3-24-8-15(10)14-4-11-6-17(25-9-16(11)19(22)18(14)21)26-20(27)13-5-12(13)7-23/h2-4,6,8-9,12-13H,5H2,1H3,(H,25,26,27). The fourth-order valence-corrected chi connectivity index (χ4v) is 3.89. The molecule has 1 amide bonds. The van der Waals surface area contributed by atoms with Crippen molar-refractivity contribution >= 4 is 50.0 Å². The van der Waals surface area contributed by atoms with E-state index in [9.17, 15) is 4.79 Å².